The number of nitrogens with one attached hydrogen (secondary N) is 1. The lowest BCUT2D eigenvalue weighted by molar-refractivity contribution is 0.0939. The summed E-state index contributed by atoms with van der Waals surface area (Å²) in [4.78, 5) is 28.2. The van der Waals surface area contributed by atoms with E-state index in [0.717, 1.165) is 54.3 Å². The summed E-state index contributed by atoms with van der Waals surface area (Å²) in [6, 6.07) is 9.55. The van der Waals surface area contributed by atoms with Gasteiger partial charge in [0.05, 0.1) is 16.4 Å². The van der Waals surface area contributed by atoms with Gasteiger partial charge >= 0.3 is 0 Å². The fourth-order valence-electron chi connectivity index (χ4n) is 5.14. The lowest BCUT2D eigenvalue weighted by Gasteiger charge is -2.34. The Morgan fingerprint density at radius 2 is 1.77 bits per heavy atom. The Balaban J connectivity index is 1.49. The van der Waals surface area contributed by atoms with Crippen LogP contribution < -0.4 is 10.9 Å². The summed E-state index contributed by atoms with van der Waals surface area (Å²) in [5.74, 6) is 1.37. The van der Waals surface area contributed by atoms with E-state index in [0.29, 0.717) is 17.6 Å². The van der Waals surface area contributed by atoms with E-state index >= 15 is 0 Å². The number of aryl methyl sites for hydroxylation is 2. The number of pyridine rings is 1. The first-order valence-corrected chi connectivity index (χ1v) is 10.9. The molecule has 1 aliphatic rings. The molecule has 1 saturated heterocycles. The van der Waals surface area contributed by atoms with Gasteiger partial charge in [0.1, 0.15) is 5.69 Å². The molecule has 0 bridgehead atoms. The van der Waals surface area contributed by atoms with Crippen molar-refractivity contribution < 1.29 is 4.79 Å². The Kier molecular flexibility index (Phi) is 5.69. The fourth-order valence-corrected chi connectivity index (χ4v) is 5.14. The van der Waals surface area contributed by atoms with Gasteiger partial charge < -0.3 is 19.4 Å². The van der Waals surface area contributed by atoms with Crippen LogP contribution in [-0.4, -0.2) is 46.1 Å². The average molecular weight is 409 g/mol. The highest BCUT2D eigenvalue weighted by atomic mass is 16.2. The Morgan fingerprint density at radius 1 is 1.07 bits per heavy atom. The summed E-state index contributed by atoms with van der Waals surface area (Å²) in [6.07, 6.45) is 2.24. The number of amides is 1. The summed E-state index contributed by atoms with van der Waals surface area (Å²) >= 11 is 0. The highest BCUT2D eigenvalue weighted by molar-refractivity contribution is 6.08. The molecule has 6 heteroatoms. The molecule has 1 fully saturated rings. The minimum atomic E-state index is -0.125. The third kappa shape index (κ3) is 3.76. The number of aromatic nitrogens is 2. The number of hydrogen-bond acceptors (Lipinski definition) is 3. The molecule has 0 radical (unpaired) electrons. The van der Waals surface area contributed by atoms with Crippen LogP contribution in [-0.2, 0) is 14.1 Å². The van der Waals surface area contributed by atoms with Gasteiger partial charge in [0.25, 0.3) is 11.5 Å². The number of para-hydroxylation sites is 1. The van der Waals surface area contributed by atoms with Gasteiger partial charge in [-0.05, 0) is 43.4 Å². The lowest BCUT2D eigenvalue weighted by Crippen LogP contribution is -2.40. The molecule has 160 valence electrons. The third-order valence-corrected chi connectivity index (χ3v) is 6.40. The van der Waals surface area contributed by atoms with E-state index in [-0.39, 0.29) is 11.5 Å². The predicted octanol–water partition coefficient (Wildman–Crippen LogP) is 3.13. The van der Waals surface area contributed by atoms with E-state index in [9.17, 15) is 9.59 Å². The van der Waals surface area contributed by atoms with Crippen molar-refractivity contribution in [1.82, 2.24) is 19.4 Å². The molecule has 2 aromatic heterocycles. The highest BCUT2D eigenvalue weighted by Crippen LogP contribution is 2.25. The van der Waals surface area contributed by atoms with Gasteiger partial charge in [-0.2, -0.15) is 0 Å². The number of likely N-dealkylation sites (tertiary alicyclic amines) is 1. The summed E-state index contributed by atoms with van der Waals surface area (Å²) in [5, 5.41) is 4.61. The maximum Gasteiger partial charge on any atom is 0.267 e. The van der Waals surface area contributed by atoms with Gasteiger partial charge in [-0.3, -0.25) is 9.59 Å². The van der Waals surface area contributed by atoms with Gasteiger partial charge in [-0.25, -0.2) is 0 Å². The van der Waals surface area contributed by atoms with Crippen LogP contribution >= 0.6 is 0 Å². The topological polar surface area (TPSA) is 59.3 Å². The molecule has 3 aromatic rings. The minimum Gasteiger partial charge on any atom is -0.351 e. The van der Waals surface area contributed by atoms with E-state index in [1.54, 1.807) is 17.7 Å². The second kappa shape index (κ2) is 8.26. The maximum absolute atomic E-state index is 12.9. The van der Waals surface area contributed by atoms with E-state index in [4.69, 9.17) is 0 Å². The van der Waals surface area contributed by atoms with Crippen LogP contribution in [0.2, 0.25) is 0 Å². The summed E-state index contributed by atoms with van der Waals surface area (Å²) in [5.41, 5.74) is 2.13. The van der Waals surface area contributed by atoms with Crippen LogP contribution in [0.3, 0.4) is 0 Å². The molecule has 1 N–H and O–H groups in total. The maximum atomic E-state index is 12.9. The Bertz CT molecular complexity index is 1130. The molecule has 6 nitrogen and oxygen atoms in total. The van der Waals surface area contributed by atoms with Gasteiger partial charge in [0, 0.05) is 39.1 Å². The number of carbonyl (C=O) groups excluding carboxylic acids is 1. The number of rotatable bonds is 5. The molecule has 0 unspecified atom stereocenters. The normalized spacial score (nSPS) is 20.1. The Hall–Kier alpha value is -2.60. The number of nitrogens with zero attached hydrogens (tertiary/aromatic N) is 3. The molecular formula is C24H32N4O2. The molecule has 1 aliphatic heterocycles. The zero-order valence-corrected chi connectivity index (χ0v) is 18.4. The zero-order chi connectivity index (χ0) is 21.4. The van der Waals surface area contributed by atoms with Crippen molar-refractivity contribution >= 4 is 27.7 Å². The summed E-state index contributed by atoms with van der Waals surface area (Å²) < 4.78 is 3.50. The van der Waals surface area contributed by atoms with Crippen LogP contribution in [0.5, 0.6) is 0 Å². The predicted molar refractivity (Wildman–Crippen MR) is 122 cm³/mol. The van der Waals surface area contributed by atoms with Crippen molar-refractivity contribution in [1.29, 1.82) is 0 Å². The van der Waals surface area contributed by atoms with Crippen molar-refractivity contribution in [2.45, 2.75) is 26.7 Å². The molecule has 0 spiro atoms. The summed E-state index contributed by atoms with van der Waals surface area (Å²) in [7, 11) is 3.64. The van der Waals surface area contributed by atoms with Crippen LogP contribution in [0.4, 0.5) is 0 Å². The lowest BCUT2D eigenvalue weighted by atomic mass is 9.92. The summed E-state index contributed by atoms with van der Waals surface area (Å²) in [6.45, 7) is 8.58. The largest absolute Gasteiger partial charge is 0.351 e. The van der Waals surface area contributed by atoms with Crippen molar-refractivity contribution in [2.75, 3.05) is 26.2 Å². The third-order valence-electron chi connectivity index (χ3n) is 6.40. The Labute approximate surface area is 177 Å². The number of benzene rings is 1. The van der Waals surface area contributed by atoms with Gasteiger partial charge in [0.2, 0.25) is 0 Å². The number of fused-ring (bicyclic) bond motifs is 3. The van der Waals surface area contributed by atoms with Crippen LogP contribution in [0.1, 0.15) is 37.2 Å². The standard InChI is InChI=1S/C24H32N4O2/c1-16-12-17(2)15-28(14-16)11-7-10-25-23(29)21-13-19-22(26(21)3)18-8-5-6-9-20(18)27(4)24(19)30/h5-6,8-9,13,16-17H,7,10-12,14-15H2,1-4H3,(H,25,29)/t16-,17-/m0/s1. The molecule has 2 atom stereocenters. The van der Waals surface area contributed by atoms with E-state index in [1.807, 2.05) is 35.9 Å². The smallest absolute Gasteiger partial charge is 0.267 e. The first kappa shape index (κ1) is 20.7. The molecule has 3 heterocycles. The average Bonchev–Trinajstić information content (AvgIpc) is 3.06. The van der Waals surface area contributed by atoms with Crippen molar-refractivity contribution in [3.8, 4) is 0 Å². The minimum absolute atomic E-state index is 0.0771. The van der Waals surface area contributed by atoms with Crippen LogP contribution in [0.25, 0.3) is 21.8 Å². The van der Waals surface area contributed by atoms with Crippen molar-refractivity contribution in [2.24, 2.45) is 25.9 Å². The van der Waals surface area contributed by atoms with Crippen molar-refractivity contribution in [3.63, 3.8) is 0 Å². The van der Waals surface area contributed by atoms with Gasteiger partial charge in [0.15, 0.2) is 0 Å². The fraction of sp³-hybridized carbons (Fsp3) is 0.500. The molecule has 4 rings (SSSR count). The monoisotopic (exact) mass is 408 g/mol. The van der Waals surface area contributed by atoms with E-state index in [2.05, 4.69) is 24.1 Å². The van der Waals surface area contributed by atoms with E-state index < -0.39 is 0 Å². The quantitative estimate of drug-likeness (QED) is 0.660. The van der Waals surface area contributed by atoms with Crippen molar-refractivity contribution in [3.05, 3.63) is 46.4 Å². The van der Waals surface area contributed by atoms with Gasteiger partial charge in [-0.1, -0.05) is 32.0 Å². The number of piperidine rings is 1. The molecule has 1 aromatic carbocycles. The van der Waals surface area contributed by atoms with Crippen LogP contribution in [0.15, 0.2) is 35.1 Å². The molecular weight excluding hydrogens is 376 g/mol. The zero-order valence-electron chi connectivity index (χ0n) is 18.4. The molecule has 1 amide bonds. The second-order valence-corrected chi connectivity index (χ2v) is 9.05. The van der Waals surface area contributed by atoms with Crippen LogP contribution in [0, 0.1) is 11.8 Å². The Morgan fingerprint density at radius 3 is 2.50 bits per heavy atom. The number of carbonyl (C=O) groups is 1. The second-order valence-electron chi connectivity index (χ2n) is 9.05. The molecule has 0 saturated carbocycles. The molecule has 30 heavy (non-hydrogen) atoms. The SMILES string of the molecule is C[C@H]1C[C@H](C)CN(CCCNC(=O)c2cc3c(=O)n(C)c4ccccc4c3n2C)C1. The molecule has 0 aliphatic carbocycles. The first-order valence-electron chi connectivity index (χ1n) is 10.9. The van der Waals surface area contributed by atoms with E-state index in [1.165, 1.54) is 6.42 Å². The highest BCUT2D eigenvalue weighted by Gasteiger charge is 2.22. The number of hydrogen-bond donors (Lipinski definition) is 1. The first-order chi connectivity index (χ1) is 14.4. The van der Waals surface area contributed by atoms with Gasteiger partial charge in [-0.15, -0.1) is 0 Å².